The molecule has 0 aliphatic carbocycles. The van der Waals surface area contributed by atoms with Crippen LogP contribution >= 0.6 is 15.9 Å². The Morgan fingerprint density at radius 1 is 1.33 bits per heavy atom. The Labute approximate surface area is 113 Å². The van der Waals surface area contributed by atoms with Crippen molar-refractivity contribution in [2.75, 3.05) is 6.54 Å². The molecule has 0 atom stereocenters. The van der Waals surface area contributed by atoms with Gasteiger partial charge in [0.25, 0.3) is 0 Å². The van der Waals surface area contributed by atoms with E-state index < -0.39 is 0 Å². The first-order chi connectivity index (χ1) is 8.72. The first-order valence-corrected chi connectivity index (χ1v) is 6.58. The van der Waals surface area contributed by atoms with Crippen LogP contribution in [-0.4, -0.2) is 31.3 Å². The van der Waals surface area contributed by atoms with Crippen molar-refractivity contribution in [2.45, 2.75) is 19.6 Å². The minimum atomic E-state index is 0.275. The van der Waals surface area contributed by atoms with E-state index in [4.69, 9.17) is 0 Å². The van der Waals surface area contributed by atoms with E-state index in [1.807, 2.05) is 12.1 Å². The largest absolute Gasteiger partial charge is 0.507 e. The fourth-order valence-electron chi connectivity index (χ4n) is 2.16. The van der Waals surface area contributed by atoms with E-state index in [1.165, 1.54) is 5.56 Å². The molecule has 0 fully saturated rings. The predicted octanol–water partition coefficient (Wildman–Crippen LogP) is 1.76. The highest BCUT2D eigenvalue weighted by atomic mass is 79.9. The van der Waals surface area contributed by atoms with Gasteiger partial charge in [0.05, 0.1) is 11.0 Å². The molecule has 6 heteroatoms. The normalized spacial score (nSPS) is 15.6. The van der Waals surface area contributed by atoms with E-state index in [0.29, 0.717) is 0 Å². The summed E-state index contributed by atoms with van der Waals surface area (Å²) in [7, 11) is 0. The summed E-state index contributed by atoms with van der Waals surface area (Å²) in [5.41, 5.74) is 1.17. The SMILES string of the molecule is Oc1ccc(CN2CCn3cnnc3C2)cc1Br. The number of hydrogen-bond donors (Lipinski definition) is 1. The number of phenolic OH excluding ortho intramolecular Hbond substituents is 1. The summed E-state index contributed by atoms with van der Waals surface area (Å²) in [6.07, 6.45) is 1.78. The summed E-state index contributed by atoms with van der Waals surface area (Å²) in [6.45, 7) is 3.59. The van der Waals surface area contributed by atoms with Crippen LogP contribution < -0.4 is 0 Å². The summed E-state index contributed by atoms with van der Waals surface area (Å²) in [4.78, 5) is 2.32. The van der Waals surface area contributed by atoms with Crippen LogP contribution in [0.5, 0.6) is 5.75 Å². The van der Waals surface area contributed by atoms with E-state index in [-0.39, 0.29) is 5.75 Å². The van der Waals surface area contributed by atoms with Crippen molar-refractivity contribution in [3.8, 4) is 5.75 Å². The molecule has 0 amide bonds. The molecule has 1 aliphatic heterocycles. The molecule has 0 bridgehead atoms. The fourth-order valence-corrected chi connectivity index (χ4v) is 2.58. The second kappa shape index (κ2) is 4.70. The summed E-state index contributed by atoms with van der Waals surface area (Å²) in [5, 5.41) is 17.5. The van der Waals surface area contributed by atoms with Gasteiger partial charge in [-0.15, -0.1) is 10.2 Å². The molecule has 18 heavy (non-hydrogen) atoms. The lowest BCUT2D eigenvalue weighted by atomic mass is 10.2. The molecular weight excluding hydrogens is 296 g/mol. The molecule has 1 N–H and O–H groups in total. The molecule has 94 valence electrons. The number of hydrogen-bond acceptors (Lipinski definition) is 4. The topological polar surface area (TPSA) is 54.2 Å². The monoisotopic (exact) mass is 308 g/mol. The van der Waals surface area contributed by atoms with Crippen LogP contribution in [0.4, 0.5) is 0 Å². The number of benzene rings is 1. The Morgan fingerprint density at radius 3 is 3.06 bits per heavy atom. The van der Waals surface area contributed by atoms with Gasteiger partial charge >= 0.3 is 0 Å². The molecule has 1 aromatic heterocycles. The van der Waals surface area contributed by atoms with Crippen LogP contribution in [0.25, 0.3) is 0 Å². The highest BCUT2D eigenvalue weighted by Crippen LogP contribution is 2.25. The number of aromatic hydroxyl groups is 1. The van der Waals surface area contributed by atoms with E-state index in [2.05, 4.69) is 35.6 Å². The molecule has 1 aliphatic rings. The number of nitrogens with zero attached hydrogens (tertiary/aromatic N) is 4. The predicted molar refractivity (Wildman–Crippen MR) is 69.9 cm³/mol. The average molecular weight is 309 g/mol. The van der Waals surface area contributed by atoms with Crippen molar-refractivity contribution >= 4 is 15.9 Å². The maximum absolute atomic E-state index is 9.47. The van der Waals surface area contributed by atoms with Crippen LogP contribution in [0.15, 0.2) is 29.0 Å². The first kappa shape index (κ1) is 11.7. The maximum atomic E-state index is 9.47. The molecule has 0 unspecified atom stereocenters. The number of rotatable bonds is 2. The number of fused-ring (bicyclic) bond motifs is 1. The molecular formula is C12H13BrN4O. The Hall–Kier alpha value is -1.40. The van der Waals surface area contributed by atoms with Gasteiger partial charge in [-0.2, -0.15) is 0 Å². The molecule has 0 saturated carbocycles. The van der Waals surface area contributed by atoms with Gasteiger partial charge in [0.15, 0.2) is 0 Å². The average Bonchev–Trinajstić information content (AvgIpc) is 2.81. The van der Waals surface area contributed by atoms with Crippen molar-refractivity contribution in [3.05, 3.63) is 40.4 Å². The van der Waals surface area contributed by atoms with Crippen molar-refractivity contribution in [3.63, 3.8) is 0 Å². The second-order valence-corrected chi connectivity index (χ2v) is 5.29. The minimum Gasteiger partial charge on any atom is -0.507 e. The third kappa shape index (κ3) is 2.26. The van der Waals surface area contributed by atoms with Gasteiger partial charge in [0.1, 0.15) is 17.9 Å². The lowest BCUT2D eigenvalue weighted by Gasteiger charge is -2.26. The zero-order chi connectivity index (χ0) is 12.5. The summed E-state index contributed by atoms with van der Waals surface area (Å²) in [5.74, 6) is 1.29. The molecule has 5 nitrogen and oxygen atoms in total. The van der Waals surface area contributed by atoms with Crippen LogP contribution in [-0.2, 0) is 19.6 Å². The quantitative estimate of drug-likeness (QED) is 0.918. The Bertz CT molecular complexity index is 569. The van der Waals surface area contributed by atoms with Crippen molar-refractivity contribution in [1.29, 1.82) is 0 Å². The van der Waals surface area contributed by atoms with Crippen LogP contribution in [0.1, 0.15) is 11.4 Å². The summed E-state index contributed by atoms with van der Waals surface area (Å²) < 4.78 is 2.82. The second-order valence-electron chi connectivity index (χ2n) is 4.44. The molecule has 1 aromatic carbocycles. The number of aromatic nitrogens is 3. The standard InChI is InChI=1S/C12H13BrN4O/c13-10-5-9(1-2-11(10)18)6-16-3-4-17-8-14-15-12(17)7-16/h1-2,5,8,18H,3-4,6-7H2. The molecule has 3 rings (SSSR count). The fraction of sp³-hybridized carbons (Fsp3) is 0.333. The van der Waals surface area contributed by atoms with Crippen LogP contribution in [0, 0.1) is 0 Å². The maximum Gasteiger partial charge on any atom is 0.147 e. The van der Waals surface area contributed by atoms with Gasteiger partial charge in [-0.25, -0.2) is 0 Å². The zero-order valence-electron chi connectivity index (χ0n) is 9.75. The van der Waals surface area contributed by atoms with E-state index in [9.17, 15) is 5.11 Å². The first-order valence-electron chi connectivity index (χ1n) is 5.79. The van der Waals surface area contributed by atoms with Gasteiger partial charge in [-0.3, -0.25) is 4.90 Å². The zero-order valence-corrected chi connectivity index (χ0v) is 11.3. The molecule has 0 saturated heterocycles. The van der Waals surface area contributed by atoms with E-state index in [1.54, 1.807) is 12.4 Å². The van der Waals surface area contributed by atoms with Gasteiger partial charge in [0.2, 0.25) is 0 Å². The lowest BCUT2D eigenvalue weighted by molar-refractivity contribution is 0.208. The van der Waals surface area contributed by atoms with Gasteiger partial charge in [-0.1, -0.05) is 6.07 Å². The van der Waals surface area contributed by atoms with Gasteiger partial charge < -0.3 is 9.67 Å². The smallest absolute Gasteiger partial charge is 0.147 e. The van der Waals surface area contributed by atoms with Crippen molar-refractivity contribution in [2.24, 2.45) is 0 Å². The Balaban J connectivity index is 1.72. The number of halogens is 1. The molecule has 0 spiro atoms. The van der Waals surface area contributed by atoms with Crippen LogP contribution in [0.3, 0.4) is 0 Å². The molecule has 0 radical (unpaired) electrons. The molecule has 2 aromatic rings. The Kier molecular flexibility index (Phi) is 3.05. The minimum absolute atomic E-state index is 0.275. The lowest BCUT2D eigenvalue weighted by Crippen LogP contribution is -2.33. The third-order valence-corrected chi connectivity index (χ3v) is 3.77. The third-order valence-electron chi connectivity index (χ3n) is 3.14. The summed E-state index contributed by atoms with van der Waals surface area (Å²) >= 11 is 3.34. The highest BCUT2D eigenvalue weighted by Gasteiger charge is 2.17. The Morgan fingerprint density at radius 2 is 2.22 bits per heavy atom. The highest BCUT2D eigenvalue weighted by molar-refractivity contribution is 9.10. The molecule has 2 heterocycles. The van der Waals surface area contributed by atoms with Crippen molar-refractivity contribution < 1.29 is 5.11 Å². The summed E-state index contributed by atoms with van der Waals surface area (Å²) in [6, 6.07) is 5.61. The van der Waals surface area contributed by atoms with Gasteiger partial charge in [0, 0.05) is 19.6 Å². The van der Waals surface area contributed by atoms with E-state index in [0.717, 1.165) is 36.5 Å². The van der Waals surface area contributed by atoms with Crippen LogP contribution in [0.2, 0.25) is 0 Å². The van der Waals surface area contributed by atoms with E-state index >= 15 is 0 Å². The van der Waals surface area contributed by atoms with Gasteiger partial charge in [-0.05, 0) is 33.6 Å². The van der Waals surface area contributed by atoms with Crippen molar-refractivity contribution in [1.82, 2.24) is 19.7 Å². The number of phenols is 1.